The van der Waals surface area contributed by atoms with Gasteiger partial charge in [-0.1, -0.05) is 78.7 Å². The zero-order valence-corrected chi connectivity index (χ0v) is 20.6. The topological polar surface area (TPSA) is 58.6 Å². The third-order valence-corrected chi connectivity index (χ3v) is 5.73. The van der Waals surface area contributed by atoms with Crippen molar-refractivity contribution in [1.82, 2.24) is 10.2 Å². The van der Waals surface area contributed by atoms with Gasteiger partial charge < -0.3 is 15.0 Å². The fourth-order valence-corrected chi connectivity index (χ4v) is 3.80. The smallest absolute Gasteiger partial charge is 0.261 e. The summed E-state index contributed by atoms with van der Waals surface area (Å²) in [6.07, 6.45) is 1.18. The first-order valence-corrected chi connectivity index (χ1v) is 12.0. The van der Waals surface area contributed by atoms with E-state index in [4.69, 9.17) is 27.9 Å². The first-order valence-electron chi connectivity index (χ1n) is 11.2. The van der Waals surface area contributed by atoms with Gasteiger partial charge in [0, 0.05) is 29.6 Å². The molecule has 0 fully saturated rings. The van der Waals surface area contributed by atoms with Crippen molar-refractivity contribution in [3.63, 3.8) is 0 Å². The Morgan fingerprint density at radius 3 is 2.32 bits per heavy atom. The van der Waals surface area contributed by atoms with Crippen LogP contribution in [0.15, 0.2) is 78.9 Å². The van der Waals surface area contributed by atoms with E-state index < -0.39 is 6.04 Å². The summed E-state index contributed by atoms with van der Waals surface area (Å²) in [5, 5.41) is 4.07. The van der Waals surface area contributed by atoms with Crippen molar-refractivity contribution < 1.29 is 14.3 Å². The van der Waals surface area contributed by atoms with E-state index in [-0.39, 0.29) is 25.0 Å². The number of hydrogen-bond acceptors (Lipinski definition) is 3. The third kappa shape index (κ3) is 7.79. The Morgan fingerprint density at radius 2 is 1.65 bits per heavy atom. The molecule has 0 aliphatic rings. The van der Waals surface area contributed by atoms with Crippen LogP contribution in [0.1, 0.15) is 24.5 Å². The van der Waals surface area contributed by atoms with E-state index in [1.54, 1.807) is 41.3 Å². The van der Waals surface area contributed by atoms with Crippen LogP contribution in [0.3, 0.4) is 0 Å². The summed E-state index contributed by atoms with van der Waals surface area (Å²) in [6, 6.07) is 23.1. The molecule has 5 nitrogen and oxygen atoms in total. The van der Waals surface area contributed by atoms with Gasteiger partial charge in [0.2, 0.25) is 5.91 Å². The van der Waals surface area contributed by atoms with Crippen molar-refractivity contribution in [1.29, 1.82) is 0 Å². The van der Waals surface area contributed by atoms with Gasteiger partial charge in [-0.3, -0.25) is 9.59 Å². The van der Waals surface area contributed by atoms with Crippen LogP contribution in [0.4, 0.5) is 0 Å². The summed E-state index contributed by atoms with van der Waals surface area (Å²) >= 11 is 12.1. The quantitative estimate of drug-likeness (QED) is 0.377. The Morgan fingerprint density at radius 1 is 0.912 bits per heavy atom. The molecule has 1 unspecified atom stereocenters. The Bertz CT molecular complexity index is 1070. The fourth-order valence-electron chi connectivity index (χ4n) is 3.49. The van der Waals surface area contributed by atoms with E-state index in [1.807, 2.05) is 49.4 Å². The maximum absolute atomic E-state index is 13.4. The van der Waals surface area contributed by atoms with Crippen LogP contribution in [-0.4, -0.2) is 35.9 Å². The highest BCUT2D eigenvalue weighted by molar-refractivity contribution is 6.30. The fraction of sp³-hybridized carbons (Fsp3) is 0.259. The molecule has 2 amide bonds. The highest BCUT2D eigenvalue weighted by Gasteiger charge is 2.30. The van der Waals surface area contributed by atoms with E-state index in [0.29, 0.717) is 28.8 Å². The Kier molecular flexibility index (Phi) is 9.80. The summed E-state index contributed by atoms with van der Waals surface area (Å²) in [6.45, 7) is 2.54. The number of carbonyl (C=O) groups excluding carboxylic acids is 2. The number of rotatable bonds is 11. The molecule has 0 spiro atoms. The summed E-state index contributed by atoms with van der Waals surface area (Å²) < 4.78 is 5.72. The molecule has 0 saturated carbocycles. The number of hydrogen-bond donors (Lipinski definition) is 1. The van der Waals surface area contributed by atoms with Crippen molar-refractivity contribution in [3.8, 4) is 5.75 Å². The Hall–Kier alpha value is -3.02. The number of amides is 2. The molecule has 0 saturated heterocycles. The van der Waals surface area contributed by atoms with Gasteiger partial charge in [0.25, 0.3) is 5.91 Å². The van der Waals surface area contributed by atoms with Crippen LogP contribution >= 0.6 is 23.2 Å². The van der Waals surface area contributed by atoms with Gasteiger partial charge in [-0.05, 0) is 47.9 Å². The van der Waals surface area contributed by atoms with E-state index in [1.165, 1.54) is 0 Å². The lowest BCUT2D eigenvalue weighted by Gasteiger charge is -2.31. The van der Waals surface area contributed by atoms with E-state index >= 15 is 0 Å². The molecule has 3 rings (SSSR count). The molecule has 34 heavy (non-hydrogen) atoms. The molecule has 0 aliphatic carbocycles. The van der Waals surface area contributed by atoms with E-state index in [9.17, 15) is 9.59 Å². The summed E-state index contributed by atoms with van der Waals surface area (Å²) in [5.41, 5.74) is 1.82. The predicted molar refractivity (Wildman–Crippen MR) is 136 cm³/mol. The van der Waals surface area contributed by atoms with Crippen LogP contribution in [0.5, 0.6) is 5.75 Å². The number of halogens is 2. The van der Waals surface area contributed by atoms with Gasteiger partial charge in [0.05, 0.1) is 0 Å². The Labute approximate surface area is 210 Å². The van der Waals surface area contributed by atoms with Crippen molar-refractivity contribution in [2.45, 2.75) is 32.4 Å². The maximum Gasteiger partial charge on any atom is 0.261 e. The first kappa shape index (κ1) is 25.6. The maximum atomic E-state index is 13.4. The van der Waals surface area contributed by atoms with E-state index in [2.05, 4.69) is 5.32 Å². The highest BCUT2D eigenvalue weighted by Crippen LogP contribution is 2.19. The van der Waals surface area contributed by atoms with Crippen LogP contribution in [-0.2, 0) is 22.6 Å². The second kappa shape index (κ2) is 13.0. The van der Waals surface area contributed by atoms with Crippen molar-refractivity contribution in [3.05, 3.63) is 100 Å². The number of carbonyl (C=O) groups is 2. The molecule has 178 valence electrons. The molecule has 3 aromatic carbocycles. The van der Waals surface area contributed by atoms with E-state index in [0.717, 1.165) is 17.5 Å². The monoisotopic (exact) mass is 498 g/mol. The molecular weight excluding hydrogens is 471 g/mol. The van der Waals surface area contributed by atoms with Crippen LogP contribution in [0, 0.1) is 0 Å². The number of nitrogens with one attached hydrogen (secondary N) is 1. The van der Waals surface area contributed by atoms with Crippen LogP contribution in [0.25, 0.3) is 0 Å². The number of benzene rings is 3. The van der Waals surface area contributed by atoms with Gasteiger partial charge in [0.1, 0.15) is 11.8 Å². The lowest BCUT2D eigenvalue weighted by molar-refractivity contribution is -0.142. The second-order valence-electron chi connectivity index (χ2n) is 7.89. The molecule has 0 radical (unpaired) electrons. The lowest BCUT2D eigenvalue weighted by atomic mass is 10.0. The normalized spacial score (nSPS) is 11.5. The minimum atomic E-state index is -0.708. The predicted octanol–water partition coefficient (Wildman–Crippen LogP) is 5.54. The molecule has 0 heterocycles. The van der Waals surface area contributed by atoms with Crippen LogP contribution in [0.2, 0.25) is 10.0 Å². The molecule has 0 aromatic heterocycles. The summed E-state index contributed by atoms with van der Waals surface area (Å²) in [4.78, 5) is 28.3. The average molecular weight is 499 g/mol. The zero-order valence-electron chi connectivity index (χ0n) is 19.0. The second-order valence-corrected chi connectivity index (χ2v) is 8.76. The van der Waals surface area contributed by atoms with Gasteiger partial charge >= 0.3 is 0 Å². The molecule has 0 aliphatic heterocycles. The first-order chi connectivity index (χ1) is 16.5. The summed E-state index contributed by atoms with van der Waals surface area (Å²) in [5.74, 6) is -0.0133. The highest BCUT2D eigenvalue weighted by atomic mass is 35.5. The van der Waals surface area contributed by atoms with Gasteiger partial charge in [0.15, 0.2) is 6.61 Å². The number of nitrogens with zero attached hydrogens (tertiary/aromatic N) is 1. The SMILES string of the molecule is CCCNC(=O)C(Cc1ccccc1)N(Cc1ccc(Cl)cc1)C(=O)COc1cccc(Cl)c1. The average Bonchev–Trinajstić information content (AvgIpc) is 2.85. The minimum absolute atomic E-state index is 0.198. The standard InChI is InChI=1S/C27H28Cl2N2O3/c1-2-15-30-27(33)25(16-20-7-4-3-5-8-20)31(18-21-11-13-22(28)14-12-21)26(32)19-34-24-10-6-9-23(29)17-24/h3-14,17,25H,2,15-16,18-19H2,1H3,(H,30,33). The molecule has 7 heteroatoms. The lowest BCUT2D eigenvalue weighted by Crippen LogP contribution is -2.51. The number of ether oxygens (including phenoxy) is 1. The molecular formula is C27H28Cl2N2O3. The van der Waals surface area contributed by atoms with Crippen molar-refractivity contribution >= 4 is 35.0 Å². The Balaban J connectivity index is 1.88. The van der Waals surface area contributed by atoms with Gasteiger partial charge in [-0.2, -0.15) is 0 Å². The molecule has 0 bridgehead atoms. The van der Waals surface area contributed by atoms with Crippen molar-refractivity contribution in [2.24, 2.45) is 0 Å². The third-order valence-electron chi connectivity index (χ3n) is 5.24. The van der Waals surface area contributed by atoms with Gasteiger partial charge in [-0.25, -0.2) is 0 Å². The van der Waals surface area contributed by atoms with Crippen molar-refractivity contribution in [2.75, 3.05) is 13.2 Å². The van der Waals surface area contributed by atoms with Crippen LogP contribution < -0.4 is 10.1 Å². The molecule has 1 N–H and O–H groups in total. The summed E-state index contributed by atoms with van der Waals surface area (Å²) in [7, 11) is 0. The minimum Gasteiger partial charge on any atom is -0.484 e. The largest absolute Gasteiger partial charge is 0.484 e. The van der Waals surface area contributed by atoms with Gasteiger partial charge in [-0.15, -0.1) is 0 Å². The molecule has 1 atom stereocenters. The zero-order chi connectivity index (χ0) is 24.3. The molecule has 3 aromatic rings.